The van der Waals surface area contributed by atoms with Gasteiger partial charge in [-0.1, -0.05) is 0 Å². The van der Waals surface area contributed by atoms with Crippen molar-refractivity contribution in [2.24, 2.45) is 7.05 Å². The average molecular weight is 224 g/mol. The van der Waals surface area contributed by atoms with E-state index in [1.165, 1.54) is 0 Å². The smallest absolute Gasteiger partial charge is 0.315 e. The Balaban J connectivity index is 2.37. The molecule has 2 rings (SSSR count). The van der Waals surface area contributed by atoms with Gasteiger partial charge < -0.3 is 10.2 Å². The summed E-state index contributed by atoms with van der Waals surface area (Å²) < 4.78 is 1.62. The standard InChI is InChI=1S/C11H16N2O3/c1-13-9(4-7-12-13)11(10(15)16)5-2-8(14)3-6-11/h4,7-8,14H,2-3,5-6H2,1H3,(H,15,16). The Morgan fingerprint density at radius 1 is 1.56 bits per heavy atom. The normalized spacial score (nSPS) is 30.2. The molecule has 2 N–H and O–H groups in total. The molecule has 1 heterocycles. The molecule has 0 aliphatic heterocycles. The number of aromatic nitrogens is 2. The molecule has 0 spiro atoms. The summed E-state index contributed by atoms with van der Waals surface area (Å²) >= 11 is 0. The molecular weight excluding hydrogens is 208 g/mol. The molecule has 88 valence electrons. The molecular formula is C11H16N2O3. The number of aliphatic carboxylic acids is 1. The Bertz CT molecular complexity index is 392. The Labute approximate surface area is 93.7 Å². The fraction of sp³-hybridized carbons (Fsp3) is 0.636. The van der Waals surface area contributed by atoms with Crippen molar-refractivity contribution in [2.75, 3.05) is 0 Å². The van der Waals surface area contributed by atoms with Gasteiger partial charge >= 0.3 is 5.97 Å². The minimum atomic E-state index is -0.871. The van der Waals surface area contributed by atoms with Gasteiger partial charge in [-0.2, -0.15) is 5.10 Å². The van der Waals surface area contributed by atoms with Gasteiger partial charge in [0.1, 0.15) is 5.41 Å². The zero-order valence-electron chi connectivity index (χ0n) is 9.26. The van der Waals surface area contributed by atoms with Crippen molar-refractivity contribution in [3.05, 3.63) is 18.0 Å². The number of aliphatic hydroxyl groups excluding tert-OH is 1. The number of carboxylic acids is 1. The Morgan fingerprint density at radius 3 is 2.62 bits per heavy atom. The number of carbonyl (C=O) groups is 1. The third-order valence-electron chi connectivity index (χ3n) is 3.53. The van der Waals surface area contributed by atoms with E-state index in [4.69, 9.17) is 0 Å². The molecule has 0 saturated heterocycles. The summed E-state index contributed by atoms with van der Waals surface area (Å²) in [5, 5.41) is 23.0. The lowest BCUT2D eigenvalue weighted by Crippen LogP contribution is -2.42. The highest BCUT2D eigenvalue weighted by molar-refractivity contribution is 5.80. The van der Waals surface area contributed by atoms with Gasteiger partial charge in [0.15, 0.2) is 0 Å². The molecule has 1 aliphatic carbocycles. The van der Waals surface area contributed by atoms with Gasteiger partial charge in [-0.15, -0.1) is 0 Å². The number of nitrogens with zero attached hydrogens (tertiary/aromatic N) is 2. The Morgan fingerprint density at radius 2 is 2.19 bits per heavy atom. The third kappa shape index (κ3) is 1.61. The number of aliphatic hydroxyl groups is 1. The minimum absolute atomic E-state index is 0.360. The van der Waals surface area contributed by atoms with Crippen LogP contribution in [0.15, 0.2) is 12.3 Å². The SMILES string of the molecule is Cn1nccc1C1(C(=O)O)CCC(O)CC1. The van der Waals surface area contributed by atoms with Crippen LogP contribution in [-0.4, -0.2) is 32.1 Å². The number of carboxylic acid groups (broad SMARTS) is 1. The van der Waals surface area contributed by atoms with E-state index in [2.05, 4.69) is 5.10 Å². The summed E-state index contributed by atoms with van der Waals surface area (Å²) in [7, 11) is 1.76. The number of aryl methyl sites for hydroxylation is 1. The number of hydrogen-bond acceptors (Lipinski definition) is 3. The zero-order valence-corrected chi connectivity index (χ0v) is 9.26. The number of rotatable bonds is 2. The first-order valence-corrected chi connectivity index (χ1v) is 5.46. The van der Waals surface area contributed by atoms with Gasteiger partial charge in [-0.3, -0.25) is 9.48 Å². The van der Waals surface area contributed by atoms with Gasteiger partial charge in [0, 0.05) is 13.2 Å². The van der Waals surface area contributed by atoms with E-state index in [1.807, 2.05) is 0 Å². The fourth-order valence-electron chi connectivity index (χ4n) is 2.52. The molecule has 1 aromatic heterocycles. The maximum absolute atomic E-state index is 11.5. The lowest BCUT2D eigenvalue weighted by Gasteiger charge is -2.35. The predicted octanol–water partition coefficient (Wildman–Crippen LogP) is 0.677. The molecule has 0 radical (unpaired) electrons. The van der Waals surface area contributed by atoms with Crippen molar-refractivity contribution >= 4 is 5.97 Å². The van der Waals surface area contributed by atoms with Crippen molar-refractivity contribution in [1.29, 1.82) is 0 Å². The van der Waals surface area contributed by atoms with Crippen LogP contribution in [0.1, 0.15) is 31.4 Å². The summed E-state index contributed by atoms with van der Waals surface area (Å²) in [5.74, 6) is -0.817. The summed E-state index contributed by atoms with van der Waals surface area (Å²) in [6.45, 7) is 0. The second-order valence-electron chi connectivity index (χ2n) is 4.46. The first-order valence-electron chi connectivity index (χ1n) is 5.46. The van der Waals surface area contributed by atoms with Gasteiger partial charge in [-0.05, 0) is 31.7 Å². The van der Waals surface area contributed by atoms with Gasteiger partial charge in [0.05, 0.1) is 11.8 Å². The molecule has 16 heavy (non-hydrogen) atoms. The summed E-state index contributed by atoms with van der Waals surface area (Å²) in [6, 6.07) is 1.76. The van der Waals surface area contributed by atoms with Crippen LogP contribution in [-0.2, 0) is 17.3 Å². The van der Waals surface area contributed by atoms with Crippen LogP contribution >= 0.6 is 0 Å². The molecule has 5 nitrogen and oxygen atoms in total. The summed E-state index contributed by atoms with van der Waals surface area (Å²) in [5.41, 5.74) is -0.142. The maximum atomic E-state index is 11.5. The van der Waals surface area contributed by atoms with E-state index < -0.39 is 11.4 Å². The van der Waals surface area contributed by atoms with E-state index in [0.717, 1.165) is 5.69 Å². The van der Waals surface area contributed by atoms with Crippen LogP contribution in [0, 0.1) is 0 Å². The lowest BCUT2D eigenvalue weighted by molar-refractivity contribution is -0.146. The fourth-order valence-corrected chi connectivity index (χ4v) is 2.52. The van der Waals surface area contributed by atoms with E-state index in [9.17, 15) is 15.0 Å². The van der Waals surface area contributed by atoms with Gasteiger partial charge in [0.25, 0.3) is 0 Å². The van der Waals surface area contributed by atoms with Crippen LogP contribution in [0.25, 0.3) is 0 Å². The maximum Gasteiger partial charge on any atom is 0.315 e. The van der Waals surface area contributed by atoms with E-state index in [-0.39, 0.29) is 6.10 Å². The Hall–Kier alpha value is -1.36. The highest BCUT2D eigenvalue weighted by Crippen LogP contribution is 2.39. The lowest BCUT2D eigenvalue weighted by atomic mass is 9.71. The highest BCUT2D eigenvalue weighted by Gasteiger charge is 2.45. The van der Waals surface area contributed by atoms with Crippen LogP contribution in [0.3, 0.4) is 0 Å². The van der Waals surface area contributed by atoms with Crippen molar-refractivity contribution in [2.45, 2.75) is 37.2 Å². The monoisotopic (exact) mass is 224 g/mol. The topological polar surface area (TPSA) is 75.4 Å². The molecule has 0 bridgehead atoms. The predicted molar refractivity (Wildman–Crippen MR) is 57.0 cm³/mol. The average Bonchev–Trinajstić information content (AvgIpc) is 2.66. The van der Waals surface area contributed by atoms with Crippen molar-refractivity contribution < 1.29 is 15.0 Å². The quantitative estimate of drug-likeness (QED) is 0.774. The Kier molecular flexibility index (Phi) is 2.71. The van der Waals surface area contributed by atoms with Gasteiger partial charge in [-0.25, -0.2) is 0 Å². The second kappa shape index (κ2) is 3.90. The van der Waals surface area contributed by atoms with Crippen LogP contribution < -0.4 is 0 Å². The molecule has 0 unspecified atom stereocenters. The van der Waals surface area contributed by atoms with Gasteiger partial charge in [0.2, 0.25) is 0 Å². The molecule has 0 aromatic carbocycles. The van der Waals surface area contributed by atoms with E-state index in [0.29, 0.717) is 25.7 Å². The van der Waals surface area contributed by atoms with E-state index in [1.54, 1.807) is 24.0 Å². The highest BCUT2D eigenvalue weighted by atomic mass is 16.4. The molecule has 1 aromatic rings. The van der Waals surface area contributed by atoms with E-state index >= 15 is 0 Å². The molecule has 0 atom stereocenters. The van der Waals surface area contributed by atoms with Crippen LogP contribution in [0.2, 0.25) is 0 Å². The van der Waals surface area contributed by atoms with Crippen molar-refractivity contribution in [1.82, 2.24) is 9.78 Å². The zero-order chi connectivity index (χ0) is 11.8. The second-order valence-corrected chi connectivity index (χ2v) is 4.46. The molecule has 1 saturated carbocycles. The molecule has 0 amide bonds. The first kappa shape index (κ1) is 11.1. The van der Waals surface area contributed by atoms with Crippen LogP contribution in [0.4, 0.5) is 0 Å². The molecule has 1 aliphatic rings. The minimum Gasteiger partial charge on any atom is -0.481 e. The first-order chi connectivity index (χ1) is 7.56. The largest absolute Gasteiger partial charge is 0.481 e. The van der Waals surface area contributed by atoms with Crippen molar-refractivity contribution in [3.63, 3.8) is 0 Å². The number of hydrogen-bond donors (Lipinski definition) is 2. The third-order valence-corrected chi connectivity index (χ3v) is 3.53. The van der Waals surface area contributed by atoms with Crippen molar-refractivity contribution in [3.8, 4) is 0 Å². The summed E-state index contributed by atoms with van der Waals surface area (Å²) in [4.78, 5) is 11.5. The summed E-state index contributed by atoms with van der Waals surface area (Å²) in [6.07, 6.45) is 3.28. The molecule has 5 heteroatoms. The molecule has 1 fully saturated rings. The van der Waals surface area contributed by atoms with Crippen LogP contribution in [0.5, 0.6) is 0 Å².